The van der Waals surface area contributed by atoms with E-state index in [9.17, 15) is 18.0 Å². The van der Waals surface area contributed by atoms with E-state index < -0.39 is 28.5 Å². The van der Waals surface area contributed by atoms with E-state index in [1.54, 1.807) is 67.6 Å². The number of carbonyl (C=O) groups excluding carboxylic acids is 2. The third-order valence-electron chi connectivity index (χ3n) is 7.63. The largest absolute Gasteiger partial charge is 0.497 e. The number of methoxy groups -OCH3 is 1. The first kappa shape index (κ1) is 31.4. The molecule has 0 bridgehead atoms. The zero-order chi connectivity index (χ0) is 30.3. The predicted octanol–water partition coefficient (Wildman–Crippen LogP) is 5.72. The van der Waals surface area contributed by atoms with Crippen molar-refractivity contribution in [3.8, 4) is 5.75 Å². The average Bonchev–Trinajstić information content (AvgIpc) is 3.00. The molecule has 3 aromatic carbocycles. The number of nitrogens with one attached hydrogen (secondary N) is 1. The number of amides is 2. The number of benzene rings is 3. The van der Waals surface area contributed by atoms with Gasteiger partial charge in [-0.25, -0.2) is 8.42 Å². The van der Waals surface area contributed by atoms with Crippen LogP contribution in [0.1, 0.15) is 50.2 Å². The van der Waals surface area contributed by atoms with Crippen LogP contribution >= 0.6 is 11.6 Å². The lowest BCUT2D eigenvalue weighted by Gasteiger charge is -2.33. The van der Waals surface area contributed by atoms with Crippen LogP contribution < -0.4 is 14.4 Å². The number of hydrogen-bond acceptors (Lipinski definition) is 5. The van der Waals surface area contributed by atoms with Crippen LogP contribution in [0.15, 0.2) is 77.7 Å². The molecule has 1 unspecified atom stereocenters. The van der Waals surface area contributed by atoms with E-state index in [-0.39, 0.29) is 23.4 Å². The first-order valence-electron chi connectivity index (χ1n) is 14.2. The van der Waals surface area contributed by atoms with Gasteiger partial charge in [0.25, 0.3) is 10.0 Å². The first-order valence-corrected chi connectivity index (χ1v) is 16.0. The Morgan fingerprint density at radius 2 is 1.57 bits per heavy atom. The van der Waals surface area contributed by atoms with Gasteiger partial charge in [-0.3, -0.25) is 13.9 Å². The Bertz CT molecular complexity index is 1460. The highest BCUT2D eigenvalue weighted by Crippen LogP contribution is 2.27. The lowest BCUT2D eigenvalue weighted by Crippen LogP contribution is -2.53. The summed E-state index contributed by atoms with van der Waals surface area (Å²) in [5.74, 6) is -0.223. The van der Waals surface area contributed by atoms with Crippen LogP contribution in [0.3, 0.4) is 0 Å². The summed E-state index contributed by atoms with van der Waals surface area (Å²) < 4.78 is 34.2. The summed E-state index contributed by atoms with van der Waals surface area (Å²) in [6.45, 7) is 3.15. The zero-order valence-electron chi connectivity index (χ0n) is 24.3. The molecule has 8 nitrogen and oxygen atoms in total. The Morgan fingerprint density at radius 1 is 0.952 bits per heavy atom. The molecule has 10 heteroatoms. The smallest absolute Gasteiger partial charge is 0.264 e. The topological polar surface area (TPSA) is 96.0 Å². The third kappa shape index (κ3) is 7.83. The fraction of sp³-hybridized carbons (Fsp3) is 0.375. The zero-order valence-corrected chi connectivity index (χ0v) is 25.8. The molecule has 0 radical (unpaired) electrons. The van der Waals surface area contributed by atoms with Gasteiger partial charge in [-0.2, -0.15) is 0 Å². The number of anilines is 1. The summed E-state index contributed by atoms with van der Waals surface area (Å²) in [6.07, 6.45) is 5.08. The van der Waals surface area contributed by atoms with Crippen LogP contribution in [0, 0.1) is 6.92 Å². The molecule has 0 saturated heterocycles. The highest BCUT2D eigenvalue weighted by Gasteiger charge is 2.33. The van der Waals surface area contributed by atoms with Crippen LogP contribution in [0.25, 0.3) is 0 Å². The van der Waals surface area contributed by atoms with Crippen molar-refractivity contribution in [3.63, 3.8) is 0 Å². The highest BCUT2D eigenvalue weighted by molar-refractivity contribution is 7.92. The maximum Gasteiger partial charge on any atom is 0.264 e. The molecule has 1 N–H and O–H groups in total. The Kier molecular flexibility index (Phi) is 10.5. The second kappa shape index (κ2) is 14.1. The van der Waals surface area contributed by atoms with Crippen LogP contribution in [0.5, 0.6) is 5.75 Å². The second-order valence-corrected chi connectivity index (χ2v) is 13.0. The van der Waals surface area contributed by atoms with E-state index in [0.29, 0.717) is 16.5 Å². The number of carbonyl (C=O) groups is 2. The van der Waals surface area contributed by atoms with Gasteiger partial charge in [0.2, 0.25) is 11.8 Å². The Balaban J connectivity index is 1.67. The molecule has 3 aromatic rings. The number of halogens is 1. The maximum absolute atomic E-state index is 14.1. The molecule has 42 heavy (non-hydrogen) atoms. The molecule has 1 aliphatic rings. The van der Waals surface area contributed by atoms with Crippen LogP contribution in [-0.2, 0) is 26.2 Å². The summed E-state index contributed by atoms with van der Waals surface area (Å²) in [4.78, 5) is 29.0. The van der Waals surface area contributed by atoms with Crippen molar-refractivity contribution < 1.29 is 22.7 Å². The van der Waals surface area contributed by atoms with Crippen molar-refractivity contribution in [1.82, 2.24) is 10.2 Å². The van der Waals surface area contributed by atoms with E-state index in [4.69, 9.17) is 16.3 Å². The molecular weight excluding hydrogens is 574 g/mol. The van der Waals surface area contributed by atoms with E-state index in [2.05, 4.69) is 5.32 Å². The van der Waals surface area contributed by atoms with Gasteiger partial charge < -0.3 is 15.0 Å². The molecule has 0 heterocycles. The molecule has 224 valence electrons. The van der Waals surface area contributed by atoms with Crippen molar-refractivity contribution in [2.24, 2.45) is 0 Å². The summed E-state index contributed by atoms with van der Waals surface area (Å²) in [5.41, 5.74) is 1.98. The predicted molar refractivity (Wildman–Crippen MR) is 165 cm³/mol. The molecular formula is C32H38ClN3O5S. The molecule has 1 saturated carbocycles. The minimum atomic E-state index is -4.14. The Hall–Kier alpha value is -3.56. The van der Waals surface area contributed by atoms with Gasteiger partial charge in [0.15, 0.2) is 0 Å². The quantitative estimate of drug-likeness (QED) is 0.299. The maximum atomic E-state index is 14.1. The summed E-state index contributed by atoms with van der Waals surface area (Å²) in [7, 11) is -2.62. The molecule has 2 amide bonds. The number of hydrogen-bond donors (Lipinski definition) is 1. The van der Waals surface area contributed by atoms with E-state index in [0.717, 1.165) is 47.5 Å². The standard InChI is InChI=1S/C32H38ClN3O5S/c1-23-9-19-30(20-10-23)42(39,40)36(28-15-17-29(41-3)18-16-28)22-31(37)35(21-25-11-13-26(33)14-12-25)24(2)32(38)34-27-7-5-4-6-8-27/h9-20,24,27H,4-8,21-22H2,1-3H3,(H,34,38). The normalized spacial score (nSPS) is 14.6. The average molecular weight is 612 g/mol. The number of ether oxygens (including phenoxy) is 1. The van der Waals surface area contributed by atoms with Gasteiger partial charge in [-0.15, -0.1) is 0 Å². The number of rotatable bonds is 11. The van der Waals surface area contributed by atoms with Crippen LogP contribution in [0.4, 0.5) is 5.69 Å². The molecule has 1 atom stereocenters. The van der Waals surface area contributed by atoms with E-state index in [1.807, 2.05) is 6.92 Å². The van der Waals surface area contributed by atoms with Gasteiger partial charge in [0.05, 0.1) is 17.7 Å². The van der Waals surface area contributed by atoms with Crippen molar-refractivity contribution in [2.45, 2.75) is 69.5 Å². The fourth-order valence-electron chi connectivity index (χ4n) is 5.05. The molecule has 4 rings (SSSR count). The van der Waals surface area contributed by atoms with Crippen molar-refractivity contribution in [1.29, 1.82) is 0 Å². The van der Waals surface area contributed by atoms with E-state index >= 15 is 0 Å². The number of sulfonamides is 1. The van der Waals surface area contributed by atoms with Crippen LogP contribution in [0.2, 0.25) is 5.02 Å². The first-order chi connectivity index (χ1) is 20.1. The lowest BCUT2D eigenvalue weighted by atomic mass is 9.95. The van der Waals surface area contributed by atoms with E-state index in [1.165, 1.54) is 24.1 Å². The number of nitrogens with zero attached hydrogens (tertiary/aromatic N) is 2. The Labute approximate surface area is 253 Å². The third-order valence-corrected chi connectivity index (χ3v) is 9.67. The highest BCUT2D eigenvalue weighted by atomic mass is 35.5. The molecule has 0 spiro atoms. The molecule has 0 aliphatic heterocycles. The van der Waals surface area contributed by atoms with Gasteiger partial charge in [0, 0.05) is 17.6 Å². The van der Waals surface area contributed by atoms with Gasteiger partial charge in [0.1, 0.15) is 18.3 Å². The molecule has 1 aliphatic carbocycles. The summed E-state index contributed by atoms with van der Waals surface area (Å²) in [6, 6.07) is 19.2. The summed E-state index contributed by atoms with van der Waals surface area (Å²) >= 11 is 6.08. The lowest BCUT2D eigenvalue weighted by molar-refractivity contribution is -0.139. The fourth-order valence-corrected chi connectivity index (χ4v) is 6.59. The Morgan fingerprint density at radius 3 is 2.17 bits per heavy atom. The molecule has 0 aromatic heterocycles. The summed E-state index contributed by atoms with van der Waals surface area (Å²) in [5, 5.41) is 3.66. The van der Waals surface area contributed by atoms with Crippen molar-refractivity contribution in [2.75, 3.05) is 18.0 Å². The van der Waals surface area contributed by atoms with Crippen molar-refractivity contribution >= 4 is 39.1 Å². The van der Waals surface area contributed by atoms with Crippen LogP contribution in [-0.4, -0.2) is 50.9 Å². The minimum Gasteiger partial charge on any atom is -0.497 e. The molecule has 1 fully saturated rings. The van der Waals surface area contributed by atoms with Crippen molar-refractivity contribution in [3.05, 3.63) is 88.9 Å². The monoisotopic (exact) mass is 611 g/mol. The number of aryl methyl sites for hydroxylation is 1. The van der Waals surface area contributed by atoms with Gasteiger partial charge >= 0.3 is 0 Å². The second-order valence-electron chi connectivity index (χ2n) is 10.7. The van der Waals surface area contributed by atoms with Gasteiger partial charge in [-0.05, 0) is 80.8 Å². The SMILES string of the molecule is COc1ccc(N(CC(=O)N(Cc2ccc(Cl)cc2)C(C)C(=O)NC2CCCCC2)S(=O)(=O)c2ccc(C)cc2)cc1. The van der Waals surface area contributed by atoms with Gasteiger partial charge in [-0.1, -0.05) is 60.7 Å². The minimum absolute atomic E-state index is 0.0593.